The summed E-state index contributed by atoms with van der Waals surface area (Å²) in [6.45, 7) is 0. The second kappa shape index (κ2) is 4.81. The molecule has 1 aromatic heterocycles. The number of methoxy groups -OCH3 is 1. The van der Waals surface area contributed by atoms with Gasteiger partial charge in [-0.1, -0.05) is 0 Å². The quantitative estimate of drug-likeness (QED) is 0.914. The summed E-state index contributed by atoms with van der Waals surface area (Å²) < 4.78 is 31.4. The Hall–Kier alpha value is -1.46. The van der Waals surface area contributed by atoms with E-state index in [0.29, 0.717) is 10.6 Å². The normalized spacial score (nSPS) is 12.5. The Bertz CT molecular complexity index is 525. The minimum atomic E-state index is -1.18. The van der Waals surface area contributed by atoms with Crippen molar-refractivity contribution in [2.24, 2.45) is 0 Å². The molecule has 2 aromatic rings. The van der Waals surface area contributed by atoms with Crippen LogP contribution in [-0.4, -0.2) is 12.2 Å². The first-order valence-electron chi connectivity index (χ1n) is 4.87. The van der Waals surface area contributed by atoms with Crippen LogP contribution in [0.25, 0.3) is 0 Å². The second-order valence-corrected chi connectivity index (χ2v) is 4.40. The first kappa shape index (κ1) is 12.0. The summed E-state index contributed by atoms with van der Waals surface area (Å²) in [6.07, 6.45) is -1.18. The van der Waals surface area contributed by atoms with Gasteiger partial charge in [-0.3, -0.25) is 0 Å². The van der Waals surface area contributed by atoms with E-state index in [4.69, 9.17) is 4.74 Å². The number of aliphatic hydroxyl groups is 1. The first-order valence-corrected chi connectivity index (χ1v) is 5.75. The molecule has 2 nitrogen and oxygen atoms in total. The number of ether oxygens (including phenoxy) is 1. The van der Waals surface area contributed by atoms with E-state index in [1.54, 1.807) is 11.4 Å². The molecule has 1 heterocycles. The molecule has 0 amide bonds. The van der Waals surface area contributed by atoms with Gasteiger partial charge in [0.1, 0.15) is 23.5 Å². The maximum atomic E-state index is 13.4. The third-order valence-electron chi connectivity index (χ3n) is 2.35. The highest BCUT2D eigenvalue weighted by molar-refractivity contribution is 7.10. The van der Waals surface area contributed by atoms with E-state index in [2.05, 4.69) is 0 Å². The molecule has 5 heteroatoms. The Kier molecular flexibility index (Phi) is 3.40. The lowest BCUT2D eigenvalue weighted by Crippen LogP contribution is -2.01. The summed E-state index contributed by atoms with van der Waals surface area (Å²) in [4.78, 5) is 0.506. The van der Waals surface area contributed by atoms with Crippen LogP contribution in [0.1, 0.15) is 16.5 Å². The largest absolute Gasteiger partial charge is 0.496 e. The zero-order valence-corrected chi connectivity index (χ0v) is 9.80. The van der Waals surface area contributed by atoms with E-state index in [1.165, 1.54) is 18.4 Å². The van der Waals surface area contributed by atoms with Crippen molar-refractivity contribution in [3.63, 3.8) is 0 Å². The smallest absolute Gasteiger partial charge is 0.129 e. The number of thiophene rings is 1. The number of hydrogen-bond donors (Lipinski definition) is 1. The van der Waals surface area contributed by atoms with Crippen molar-refractivity contribution >= 4 is 11.3 Å². The van der Waals surface area contributed by atoms with Crippen LogP contribution in [0.2, 0.25) is 0 Å². The molecule has 0 saturated carbocycles. The summed E-state index contributed by atoms with van der Waals surface area (Å²) in [5.74, 6) is -0.629. The van der Waals surface area contributed by atoms with E-state index >= 15 is 0 Å². The summed E-state index contributed by atoms with van der Waals surface area (Å²) in [6, 6.07) is 4.60. The third-order valence-corrected chi connectivity index (χ3v) is 3.32. The van der Waals surface area contributed by atoms with Crippen LogP contribution in [0.15, 0.2) is 29.6 Å². The van der Waals surface area contributed by atoms with Crippen molar-refractivity contribution in [1.82, 2.24) is 0 Å². The molecule has 0 aliphatic heterocycles. The van der Waals surface area contributed by atoms with Crippen LogP contribution in [0, 0.1) is 11.6 Å². The van der Waals surface area contributed by atoms with E-state index in [1.807, 2.05) is 0 Å². The van der Waals surface area contributed by atoms with Gasteiger partial charge in [0, 0.05) is 15.8 Å². The molecule has 0 bridgehead atoms. The van der Waals surface area contributed by atoms with Gasteiger partial charge in [-0.2, -0.15) is 0 Å². The number of aliphatic hydroxyl groups excluding tert-OH is 1. The third kappa shape index (κ3) is 2.45. The van der Waals surface area contributed by atoms with Crippen LogP contribution < -0.4 is 4.74 Å². The van der Waals surface area contributed by atoms with E-state index in [9.17, 15) is 13.9 Å². The molecule has 0 saturated heterocycles. The Balaban J connectivity index is 2.35. The zero-order valence-electron chi connectivity index (χ0n) is 8.98. The summed E-state index contributed by atoms with van der Waals surface area (Å²) >= 11 is 1.23. The molecule has 90 valence electrons. The minimum Gasteiger partial charge on any atom is -0.496 e. The molecular formula is C12H10F2O2S. The average Bonchev–Trinajstić information content (AvgIpc) is 2.80. The van der Waals surface area contributed by atoms with E-state index in [0.717, 1.165) is 18.2 Å². The number of rotatable bonds is 3. The summed E-state index contributed by atoms with van der Waals surface area (Å²) in [7, 11) is 1.50. The topological polar surface area (TPSA) is 29.5 Å². The molecule has 1 N–H and O–H groups in total. The van der Waals surface area contributed by atoms with Gasteiger partial charge in [0.2, 0.25) is 0 Å². The van der Waals surface area contributed by atoms with Crippen LogP contribution in [-0.2, 0) is 0 Å². The van der Waals surface area contributed by atoms with Gasteiger partial charge in [-0.05, 0) is 24.3 Å². The second-order valence-electron chi connectivity index (χ2n) is 3.46. The Labute approximate surface area is 101 Å². The molecule has 1 atom stereocenters. The fourth-order valence-electron chi connectivity index (χ4n) is 1.46. The van der Waals surface area contributed by atoms with E-state index < -0.39 is 17.7 Å². The van der Waals surface area contributed by atoms with Crippen LogP contribution in [0.5, 0.6) is 5.75 Å². The van der Waals surface area contributed by atoms with Crippen LogP contribution in [0.4, 0.5) is 8.78 Å². The lowest BCUT2D eigenvalue weighted by atomic mass is 10.1. The summed E-state index contributed by atoms with van der Waals surface area (Å²) in [5, 5.41) is 11.6. The van der Waals surface area contributed by atoms with Crippen molar-refractivity contribution < 1.29 is 18.6 Å². The molecule has 0 radical (unpaired) electrons. The predicted molar refractivity (Wildman–Crippen MR) is 61.3 cm³/mol. The lowest BCUT2D eigenvalue weighted by molar-refractivity contribution is 0.218. The van der Waals surface area contributed by atoms with Gasteiger partial charge < -0.3 is 9.84 Å². The predicted octanol–water partition coefficient (Wildman–Crippen LogP) is 3.12. The number of benzene rings is 1. The van der Waals surface area contributed by atoms with Crippen molar-refractivity contribution in [1.29, 1.82) is 0 Å². The van der Waals surface area contributed by atoms with Gasteiger partial charge in [0.25, 0.3) is 0 Å². The molecule has 0 aliphatic carbocycles. The molecule has 0 aliphatic rings. The van der Waals surface area contributed by atoms with Gasteiger partial charge in [0.15, 0.2) is 0 Å². The van der Waals surface area contributed by atoms with Crippen molar-refractivity contribution in [2.75, 3.05) is 7.11 Å². The van der Waals surface area contributed by atoms with Gasteiger partial charge in [-0.15, -0.1) is 11.3 Å². The monoisotopic (exact) mass is 256 g/mol. The number of hydrogen-bond acceptors (Lipinski definition) is 3. The fourth-order valence-corrected chi connectivity index (χ4v) is 2.32. The van der Waals surface area contributed by atoms with Crippen LogP contribution >= 0.6 is 11.3 Å². The highest BCUT2D eigenvalue weighted by Crippen LogP contribution is 2.32. The molecule has 0 spiro atoms. The molecule has 0 fully saturated rings. The SMILES string of the molecule is COc1csc(C(O)c2cc(F)ccc2F)c1. The molecular weight excluding hydrogens is 246 g/mol. The highest BCUT2D eigenvalue weighted by atomic mass is 32.1. The first-order chi connectivity index (χ1) is 8.11. The van der Waals surface area contributed by atoms with Gasteiger partial charge in [0.05, 0.1) is 7.11 Å². The molecule has 1 unspecified atom stereocenters. The Morgan fingerprint density at radius 3 is 2.71 bits per heavy atom. The van der Waals surface area contributed by atoms with Crippen molar-refractivity contribution in [2.45, 2.75) is 6.10 Å². The van der Waals surface area contributed by atoms with Gasteiger partial charge >= 0.3 is 0 Å². The van der Waals surface area contributed by atoms with E-state index in [-0.39, 0.29) is 5.56 Å². The zero-order chi connectivity index (χ0) is 12.4. The lowest BCUT2D eigenvalue weighted by Gasteiger charge is -2.09. The average molecular weight is 256 g/mol. The summed E-state index contributed by atoms with van der Waals surface area (Å²) in [5.41, 5.74) is -0.0745. The molecule has 2 rings (SSSR count). The Morgan fingerprint density at radius 2 is 2.06 bits per heavy atom. The fraction of sp³-hybridized carbons (Fsp3) is 0.167. The molecule has 17 heavy (non-hydrogen) atoms. The standard InChI is InChI=1S/C12H10F2O2S/c1-16-8-5-11(17-6-8)12(15)9-4-7(13)2-3-10(9)14/h2-6,12,15H,1H3. The maximum Gasteiger partial charge on any atom is 0.129 e. The maximum absolute atomic E-state index is 13.4. The minimum absolute atomic E-state index is 0.0745. The number of halogens is 2. The van der Waals surface area contributed by atoms with Gasteiger partial charge in [-0.25, -0.2) is 8.78 Å². The Morgan fingerprint density at radius 1 is 1.29 bits per heavy atom. The molecule has 1 aromatic carbocycles. The highest BCUT2D eigenvalue weighted by Gasteiger charge is 2.18. The van der Waals surface area contributed by atoms with Crippen molar-refractivity contribution in [3.8, 4) is 5.75 Å². The van der Waals surface area contributed by atoms with Crippen molar-refractivity contribution in [3.05, 3.63) is 51.7 Å². The van der Waals surface area contributed by atoms with Crippen LogP contribution in [0.3, 0.4) is 0 Å².